The molecule has 3 rings (SSSR count). The molecule has 0 saturated heterocycles. The van der Waals surface area contributed by atoms with Gasteiger partial charge < -0.3 is 10.2 Å². The van der Waals surface area contributed by atoms with Crippen LogP contribution in [0.2, 0.25) is 0 Å². The highest BCUT2D eigenvalue weighted by Gasteiger charge is 2.08. The number of aromatic nitrogens is 4. The maximum Gasteiger partial charge on any atom is 0.216 e. The number of nitrogens with two attached hydrogens (primary N) is 1. The van der Waals surface area contributed by atoms with Gasteiger partial charge in [-0.3, -0.25) is 0 Å². The molecule has 20 heavy (non-hydrogen) atoms. The molecule has 0 bridgehead atoms. The Labute approximate surface area is 114 Å². The predicted molar refractivity (Wildman–Crippen MR) is 68.9 cm³/mol. The van der Waals surface area contributed by atoms with Gasteiger partial charge in [-0.05, 0) is 24.3 Å². The van der Waals surface area contributed by atoms with Crippen molar-refractivity contribution in [1.82, 2.24) is 20.0 Å². The zero-order chi connectivity index (χ0) is 13.9. The molecule has 0 amide bonds. The Morgan fingerprint density at radius 1 is 1.25 bits per heavy atom. The summed E-state index contributed by atoms with van der Waals surface area (Å²) in [6.45, 7) is 0.709. The number of nitrogens with zero attached hydrogens (tertiary/aromatic N) is 4. The molecule has 0 radical (unpaired) electrons. The lowest BCUT2D eigenvalue weighted by atomic mass is 10.2. The summed E-state index contributed by atoms with van der Waals surface area (Å²) in [6.07, 6.45) is 3.34. The molecule has 2 aromatic heterocycles. The van der Waals surface area contributed by atoms with Gasteiger partial charge >= 0.3 is 0 Å². The van der Waals surface area contributed by atoms with E-state index in [-0.39, 0.29) is 5.82 Å². The van der Waals surface area contributed by atoms with Gasteiger partial charge in [0, 0.05) is 12.1 Å². The van der Waals surface area contributed by atoms with Crippen molar-refractivity contribution in [2.45, 2.75) is 13.1 Å². The maximum atomic E-state index is 12.9. The topological polar surface area (TPSA) is 82.8 Å². The van der Waals surface area contributed by atoms with Crippen molar-refractivity contribution in [3.05, 3.63) is 54.1 Å². The van der Waals surface area contributed by atoms with Crippen LogP contribution in [0.25, 0.3) is 11.3 Å². The van der Waals surface area contributed by atoms with Crippen molar-refractivity contribution in [3.63, 3.8) is 0 Å². The zero-order valence-corrected chi connectivity index (χ0v) is 10.5. The number of benzene rings is 1. The van der Waals surface area contributed by atoms with Gasteiger partial charge in [0.05, 0.1) is 18.1 Å². The van der Waals surface area contributed by atoms with Gasteiger partial charge in [0.2, 0.25) is 5.89 Å². The van der Waals surface area contributed by atoms with Crippen molar-refractivity contribution in [3.8, 4) is 11.3 Å². The Hall–Kier alpha value is -2.54. The highest BCUT2D eigenvalue weighted by atomic mass is 19.1. The zero-order valence-electron chi connectivity index (χ0n) is 10.5. The summed E-state index contributed by atoms with van der Waals surface area (Å²) in [5.74, 6) is 0.794. The largest absolute Gasteiger partial charge is 0.439 e. The second-order valence-electron chi connectivity index (χ2n) is 4.24. The van der Waals surface area contributed by atoms with Crippen LogP contribution in [0.5, 0.6) is 0 Å². The van der Waals surface area contributed by atoms with Crippen LogP contribution in [-0.2, 0) is 13.1 Å². The van der Waals surface area contributed by atoms with Crippen molar-refractivity contribution in [2.24, 2.45) is 5.73 Å². The lowest BCUT2D eigenvalue weighted by Gasteiger charge is -1.96. The van der Waals surface area contributed by atoms with E-state index in [4.69, 9.17) is 10.2 Å². The van der Waals surface area contributed by atoms with E-state index in [0.717, 1.165) is 5.56 Å². The molecule has 102 valence electrons. The number of rotatable bonds is 4. The molecule has 0 unspecified atom stereocenters. The van der Waals surface area contributed by atoms with E-state index in [9.17, 15) is 4.39 Å². The smallest absolute Gasteiger partial charge is 0.216 e. The summed E-state index contributed by atoms with van der Waals surface area (Å²) in [5.41, 5.74) is 6.94. The number of hydrogen-bond donors (Lipinski definition) is 1. The van der Waals surface area contributed by atoms with E-state index in [2.05, 4.69) is 15.3 Å². The Balaban J connectivity index is 1.78. The molecule has 0 aliphatic heterocycles. The molecular weight excluding hydrogens is 261 g/mol. The van der Waals surface area contributed by atoms with E-state index >= 15 is 0 Å². The second kappa shape index (κ2) is 5.22. The van der Waals surface area contributed by atoms with Crippen molar-refractivity contribution >= 4 is 0 Å². The monoisotopic (exact) mass is 273 g/mol. The summed E-state index contributed by atoms with van der Waals surface area (Å²) in [6, 6.07) is 6.04. The van der Waals surface area contributed by atoms with E-state index in [1.54, 1.807) is 29.2 Å². The molecule has 2 heterocycles. The van der Waals surface area contributed by atoms with Gasteiger partial charge in [-0.15, -0.1) is 5.10 Å². The molecule has 2 N–H and O–H groups in total. The summed E-state index contributed by atoms with van der Waals surface area (Å²) >= 11 is 0. The van der Waals surface area contributed by atoms with Crippen LogP contribution in [0.3, 0.4) is 0 Å². The number of oxazole rings is 1. The molecule has 7 heteroatoms. The maximum absolute atomic E-state index is 12.9. The van der Waals surface area contributed by atoms with Crippen LogP contribution >= 0.6 is 0 Å². The van der Waals surface area contributed by atoms with E-state index in [0.29, 0.717) is 30.4 Å². The molecule has 0 spiro atoms. The van der Waals surface area contributed by atoms with Crippen LogP contribution in [0.4, 0.5) is 4.39 Å². The summed E-state index contributed by atoms with van der Waals surface area (Å²) in [4.78, 5) is 4.17. The average molecular weight is 273 g/mol. The van der Waals surface area contributed by atoms with Gasteiger partial charge in [-0.1, -0.05) is 5.21 Å². The normalized spacial score (nSPS) is 10.9. The number of halogens is 1. The molecule has 0 fully saturated rings. The Kier molecular flexibility index (Phi) is 3.26. The lowest BCUT2D eigenvalue weighted by molar-refractivity contribution is 0.469. The van der Waals surface area contributed by atoms with Gasteiger partial charge in [-0.2, -0.15) is 0 Å². The predicted octanol–water partition coefficient (Wildman–Crippen LogP) is 1.58. The minimum atomic E-state index is -0.287. The fraction of sp³-hybridized carbons (Fsp3) is 0.154. The highest BCUT2D eigenvalue weighted by Crippen LogP contribution is 2.20. The highest BCUT2D eigenvalue weighted by molar-refractivity contribution is 5.55. The molecule has 0 atom stereocenters. The number of hydrogen-bond acceptors (Lipinski definition) is 5. The van der Waals surface area contributed by atoms with E-state index < -0.39 is 0 Å². The molecule has 0 aliphatic carbocycles. The van der Waals surface area contributed by atoms with Gasteiger partial charge in [0.15, 0.2) is 5.76 Å². The fourth-order valence-electron chi connectivity index (χ4n) is 1.78. The van der Waals surface area contributed by atoms with Gasteiger partial charge in [-0.25, -0.2) is 14.1 Å². The summed E-state index contributed by atoms with van der Waals surface area (Å²) in [5, 5.41) is 7.80. The van der Waals surface area contributed by atoms with E-state index in [1.807, 2.05) is 0 Å². The third-order valence-corrected chi connectivity index (χ3v) is 2.77. The minimum Gasteiger partial charge on any atom is -0.439 e. The molecular formula is C13H12FN5O. The average Bonchev–Trinajstić information content (AvgIpc) is 3.09. The second-order valence-corrected chi connectivity index (χ2v) is 4.24. The molecule has 1 aromatic carbocycles. The van der Waals surface area contributed by atoms with Crippen LogP contribution in [-0.4, -0.2) is 20.0 Å². The standard InChI is InChI=1S/C13H12FN5O/c14-10-3-1-9(2-4-10)12-6-16-13(20-12)8-19-7-11(5-15)17-18-19/h1-4,6-7H,5,8,15H2. The molecule has 0 saturated carbocycles. The summed E-state index contributed by atoms with van der Waals surface area (Å²) in [7, 11) is 0. The summed E-state index contributed by atoms with van der Waals surface area (Å²) < 4.78 is 20.1. The SMILES string of the molecule is NCc1cn(Cc2ncc(-c3ccc(F)cc3)o2)nn1. The van der Waals surface area contributed by atoms with Gasteiger partial charge in [0.1, 0.15) is 12.4 Å². The van der Waals surface area contributed by atoms with Crippen molar-refractivity contribution in [2.75, 3.05) is 0 Å². The van der Waals surface area contributed by atoms with Crippen LogP contribution in [0.15, 0.2) is 41.1 Å². The first kappa shape index (κ1) is 12.5. The fourth-order valence-corrected chi connectivity index (χ4v) is 1.78. The first-order chi connectivity index (χ1) is 9.74. The molecule has 0 aliphatic rings. The van der Waals surface area contributed by atoms with Crippen molar-refractivity contribution in [1.29, 1.82) is 0 Å². The quantitative estimate of drug-likeness (QED) is 0.780. The molecule has 6 nitrogen and oxygen atoms in total. The first-order valence-electron chi connectivity index (χ1n) is 6.04. The van der Waals surface area contributed by atoms with Crippen LogP contribution in [0.1, 0.15) is 11.6 Å². The Bertz CT molecular complexity index is 704. The van der Waals surface area contributed by atoms with Gasteiger partial charge in [0.25, 0.3) is 0 Å². The lowest BCUT2D eigenvalue weighted by Crippen LogP contribution is -2.00. The van der Waals surface area contributed by atoms with Crippen molar-refractivity contribution < 1.29 is 8.81 Å². The Morgan fingerprint density at radius 2 is 2.05 bits per heavy atom. The molecule has 3 aromatic rings. The van der Waals surface area contributed by atoms with Crippen LogP contribution in [0, 0.1) is 5.82 Å². The Morgan fingerprint density at radius 3 is 2.75 bits per heavy atom. The van der Waals surface area contributed by atoms with E-state index in [1.165, 1.54) is 12.1 Å². The third kappa shape index (κ3) is 2.57. The van der Waals surface area contributed by atoms with Crippen LogP contribution < -0.4 is 5.73 Å². The minimum absolute atomic E-state index is 0.287. The first-order valence-corrected chi connectivity index (χ1v) is 6.04. The third-order valence-electron chi connectivity index (χ3n) is 2.77.